The van der Waals surface area contributed by atoms with Crippen molar-refractivity contribution in [3.8, 4) is 0 Å². The van der Waals surface area contributed by atoms with E-state index in [1.807, 2.05) is 9.58 Å². The third-order valence-corrected chi connectivity index (χ3v) is 6.81. The molecule has 2 aromatic rings. The lowest BCUT2D eigenvalue weighted by atomic mass is 9.73. The lowest BCUT2D eigenvalue weighted by Gasteiger charge is -2.41. The molecule has 0 radical (unpaired) electrons. The van der Waals surface area contributed by atoms with Crippen molar-refractivity contribution in [2.24, 2.45) is 18.4 Å². The summed E-state index contributed by atoms with van der Waals surface area (Å²) in [5.41, 5.74) is 0.391. The number of carbonyl (C=O) groups excluding carboxylic acids is 2. The summed E-state index contributed by atoms with van der Waals surface area (Å²) >= 11 is 0. The molecule has 0 bridgehead atoms. The third kappa shape index (κ3) is 2.63. The van der Waals surface area contributed by atoms with Gasteiger partial charge in [-0.2, -0.15) is 10.2 Å². The van der Waals surface area contributed by atoms with E-state index in [1.54, 1.807) is 30.3 Å². The molecule has 1 aliphatic carbocycles. The number of amides is 2. The molecule has 1 N–H and O–H groups in total. The highest BCUT2D eigenvalue weighted by Gasteiger charge is 2.51. The molecule has 148 valence electrons. The fourth-order valence-electron chi connectivity index (χ4n) is 4.82. The second kappa shape index (κ2) is 6.42. The SMILES string of the molecule is Cn1nccc1C(=O)N1CCC2(CCn3ncnc3C2NC(=O)C2CCC2)C1. The van der Waals surface area contributed by atoms with Gasteiger partial charge in [-0.1, -0.05) is 6.42 Å². The minimum Gasteiger partial charge on any atom is -0.345 e. The highest BCUT2D eigenvalue weighted by molar-refractivity contribution is 5.92. The Morgan fingerprint density at radius 1 is 1.21 bits per heavy atom. The summed E-state index contributed by atoms with van der Waals surface area (Å²) < 4.78 is 3.50. The second-order valence-electron chi connectivity index (χ2n) is 8.34. The summed E-state index contributed by atoms with van der Waals surface area (Å²) in [7, 11) is 1.78. The number of hydrogen-bond donors (Lipinski definition) is 1. The molecule has 9 heteroatoms. The molecule has 2 fully saturated rings. The van der Waals surface area contributed by atoms with E-state index in [1.165, 1.54) is 0 Å². The van der Waals surface area contributed by atoms with Gasteiger partial charge in [0.05, 0.1) is 6.04 Å². The summed E-state index contributed by atoms with van der Waals surface area (Å²) in [6, 6.07) is 1.54. The van der Waals surface area contributed by atoms with Crippen molar-refractivity contribution >= 4 is 11.8 Å². The lowest BCUT2D eigenvalue weighted by Crippen LogP contribution is -2.49. The highest BCUT2D eigenvalue weighted by Crippen LogP contribution is 2.48. The summed E-state index contributed by atoms with van der Waals surface area (Å²) in [6.07, 6.45) is 7.96. The molecule has 1 saturated heterocycles. The van der Waals surface area contributed by atoms with Crippen LogP contribution in [0.1, 0.15) is 54.5 Å². The molecule has 0 aromatic carbocycles. The highest BCUT2D eigenvalue weighted by atomic mass is 16.2. The van der Waals surface area contributed by atoms with Crippen molar-refractivity contribution < 1.29 is 9.59 Å². The zero-order valence-corrected chi connectivity index (χ0v) is 16.0. The smallest absolute Gasteiger partial charge is 0.272 e. The van der Waals surface area contributed by atoms with Gasteiger partial charge in [0.1, 0.15) is 17.8 Å². The Labute approximate surface area is 163 Å². The molecule has 9 nitrogen and oxygen atoms in total. The average Bonchev–Trinajstić information content (AvgIpc) is 3.36. The maximum atomic E-state index is 13.0. The van der Waals surface area contributed by atoms with Gasteiger partial charge in [-0.3, -0.25) is 14.3 Å². The van der Waals surface area contributed by atoms with Gasteiger partial charge in [0.2, 0.25) is 5.91 Å². The normalized spacial score (nSPS) is 26.9. The Morgan fingerprint density at radius 2 is 2.04 bits per heavy atom. The molecule has 3 aliphatic rings. The van der Waals surface area contributed by atoms with E-state index in [0.29, 0.717) is 18.8 Å². The van der Waals surface area contributed by atoms with Crippen LogP contribution in [0.25, 0.3) is 0 Å². The van der Waals surface area contributed by atoms with E-state index in [9.17, 15) is 9.59 Å². The second-order valence-corrected chi connectivity index (χ2v) is 8.34. The standard InChI is InChI=1S/C19H25N7O2/c1-24-14(5-8-21-24)18(28)25-9-6-19(11-25)7-10-26-16(20-12-22-26)15(19)23-17(27)13-3-2-4-13/h5,8,12-13,15H,2-4,6-7,9-11H2,1H3,(H,23,27). The molecular weight excluding hydrogens is 358 g/mol. The first-order valence-electron chi connectivity index (χ1n) is 10.0. The van der Waals surface area contributed by atoms with Gasteiger partial charge < -0.3 is 10.2 Å². The van der Waals surface area contributed by atoms with Crippen molar-refractivity contribution in [3.63, 3.8) is 0 Å². The van der Waals surface area contributed by atoms with Crippen LogP contribution in [0.15, 0.2) is 18.6 Å². The number of nitrogens with one attached hydrogen (secondary N) is 1. The summed E-state index contributed by atoms with van der Waals surface area (Å²) in [5, 5.41) is 11.7. The number of aryl methyl sites for hydroxylation is 2. The Kier molecular flexibility index (Phi) is 3.99. The molecule has 2 aromatic heterocycles. The zero-order valence-electron chi connectivity index (χ0n) is 16.0. The average molecular weight is 383 g/mol. The van der Waals surface area contributed by atoms with E-state index in [2.05, 4.69) is 20.5 Å². The molecule has 1 spiro atoms. The maximum absolute atomic E-state index is 13.0. The Hall–Kier alpha value is -2.71. The van der Waals surface area contributed by atoms with Crippen LogP contribution in [-0.4, -0.2) is 54.3 Å². The Morgan fingerprint density at radius 3 is 2.75 bits per heavy atom. The Bertz CT molecular complexity index is 915. The molecule has 28 heavy (non-hydrogen) atoms. The number of fused-ring (bicyclic) bond motifs is 1. The van der Waals surface area contributed by atoms with Crippen LogP contribution in [0.3, 0.4) is 0 Å². The fourth-order valence-corrected chi connectivity index (χ4v) is 4.82. The van der Waals surface area contributed by atoms with E-state index >= 15 is 0 Å². The van der Waals surface area contributed by atoms with Crippen molar-refractivity contribution in [1.29, 1.82) is 0 Å². The number of hydrogen-bond acceptors (Lipinski definition) is 5. The van der Waals surface area contributed by atoms with Gasteiger partial charge in [-0.15, -0.1) is 0 Å². The molecule has 2 aliphatic heterocycles. The van der Waals surface area contributed by atoms with Crippen LogP contribution in [-0.2, 0) is 18.4 Å². The van der Waals surface area contributed by atoms with Gasteiger partial charge >= 0.3 is 0 Å². The minimum atomic E-state index is -0.207. The van der Waals surface area contributed by atoms with Crippen LogP contribution >= 0.6 is 0 Å². The summed E-state index contributed by atoms with van der Waals surface area (Å²) in [5.74, 6) is 1.04. The van der Waals surface area contributed by atoms with E-state index < -0.39 is 0 Å². The van der Waals surface area contributed by atoms with Gasteiger partial charge in [-0.25, -0.2) is 9.67 Å². The van der Waals surface area contributed by atoms with Crippen LogP contribution in [0.5, 0.6) is 0 Å². The molecule has 2 unspecified atom stereocenters. The monoisotopic (exact) mass is 383 g/mol. The topological polar surface area (TPSA) is 97.9 Å². The van der Waals surface area contributed by atoms with E-state index in [-0.39, 0.29) is 29.2 Å². The van der Waals surface area contributed by atoms with Gasteiger partial charge in [0, 0.05) is 44.2 Å². The zero-order chi connectivity index (χ0) is 19.3. The molecular formula is C19H25N7O2. The maximum Gasteiger partial charge on any atom is 0.272 e. The first-order valence-corrected chi connectivity index (χ1v) is 10.0. The largest absolute Gasteiger partial charge is 0.345 e. The Balaban J connectivity index is 1.41. The lowest BCUT2D eigenvalue weighted by molar-refractivity contribution is -0.129. The number of rotatable bonds is 3. The van der Waals surface area contributed by atoms with Crippen molar-refractivity contribution in [3.05, 3.63) is 30.1 Å². The first kappa shape index (κ1) is 17.4. The molecule has 2 atom stereocenters. The molecule has 1 saturated carbocycles. The van der Waals surface area contributed by atoms with Crippen LogP contribution < -0.4 is 5.32 Å². The van der Waals surface area contributed by atoms with Crippen molar-refractivity contribution in [2.75, 3.05) is 13.1 Å². The number of carbonyl (C=O) groups is 2. The van der Waals surface area contributed by atoms with Gasteiger partial charge in [0.15, 0.2) is 0 Å². The molecule has 2 amide bonds. The van der Waals surface area contributed by atoms with Crippen LogP contribution in [0.2, 0.25) is 0 Å². The summed E-state index contributed by atoms with van der Waals surface area (Å²) in [6.45, 7) is 2.05. The summed E-state index contributed by atoms with van der Waals surface area (Å²) in [4.78, 5) is 32.1. The quantitative estimate of drug-likeness (QED) is 0.849. The molecule has 4 heterocycles. The van der Waals surface area contributed by atoms with Crippen molar-refractivity contribution in [1.82, 2.24) is 34.8 Å². The van der Waals surface area contributed by atoms with Gasteiger partial charge in [0.25, 0.3) is 5.91 Å². The number of nitrogens with zero attached hydrogens (tertiary/aromatic N) is 6. The van der Waals surface area contributed by atoms with Crippen molar-refractivity contribution in [2.45, 2.75) is 44.7 Å². The first-order chi connectivity index (χ1) is 13.6. The van der Waals surface area contributed by atoms with E-state index in [4.69, 9.17) is 0 Å². The predicted octanol–water partition coefficient (Wildman–Crippen LogP) is 0.905. The predicted molar refractivity (Wildman–Crippen MR) is 99.0 cm³/mol. The number of likely N-dealkylation sites (tertiary alicyclic amines) is 1. The fraction of sp³-hybridized carbons (Fsp3) is 0.632. The number of aromatic nitrogens is 5. The van der Waals surface area contributed by atoms with Gasteiger partial charge in [-0.05, 0) is 31.7 Å². The minimum absolute atomic E-state index is 0.00650. The third-order valence-electron chi connectivity index (χ3n) is 6.81. The van der Waals surface area contributed by atoms with Crippen LogP contribution in [0.4, 0.5) is 0 Å². The molecule has 5 rings (SSSR count). The van der Waals surface area contributed by atoms with Crippen LogP contribution in [0, 0.1) is 11.3 Å². The van der Waals surface area contributed by atoms with E-state index in [0.717, 1.165) is 44.5 Å².